The Kier molecular flexibility index (Phi) is 7.22. The molecule has 3 aromatic rings. The topological polar surface area (TPSA) is 103 Å². The molecule has 1 atom stereocenters. The monoisotopic (exact) mass is 435 g/mol. The van der Waals surface area contributed by atoms with Crippen molar-refractivity contribution >= 4 is 0 Å². The standard InChI is InChI=1S/C24H29N5O3/c1-2-24-26-10-12-29(24)22(15-25)23-14-19(27-32-23)7-4-18-5-8-20(9-6-18)31-21-16-28(17-21)11-3-13-30/h5-6,8-10,12,14,21-22,30H,2-3,11,13,15-17,25H2,1H3. The van der Waals surface area contributed by atoms with Crippen molar-refractivity contribution in [2.75, 3.05) is 32.8 Å². The summed E-state index contributed by atoms with van der Waals surface area (Å²) in [7, 11) is 0. The van der Waals surface area contributed by atoms with Crippen LogP contribution in [0.2, 0.25) is 0 Å². The van der Waals surface area contributed by atoms with Gasteiger partial charge in [0.25, 0.3) is 0 Å². The molecule has 32 heavy (non-hydrogen) atoms. The number of hydrogen-bond donors (Lipinski definition) is 2. The zero-order valence-corrected chi connectivity index (χ0v) is 18.3. The minimum Gasteiger partial charge on any atom is -0.488 e. The summed E-state index contributed by atoms with van der Waals surface area (Å²) in [6.45, 7) is 5.39. The zero-order valence-electron chi connectivity index (χ0n) is 18.3. The van der Waals surface area contributed by atoms with Gasteiger partial charge in [-0.3, -0.25) is 4.90 Å². The van der Waals surface area contributed by atoms with Crippen LogP contribution in [0.5, 0.6) is 5.75 Å². The van der Waals surface area contributed by atoms with Crippen molar-refractivity contribution in [1.29, 1.82) is 0 Å². The molecule has 3 heterocycles. The van der Waals surface area contributed by atoms with E-state index in [0.717, 1.165) is 49.6 Å². The number of aryl methyl sites for hydroxylation is 1. The van der Waals surface area contributed by atoms with Crippen LogP contribution < -0.4 is 10.5 Å². The van der Waals surface area contributed by atoms with E-state index in [1.54, 1.807) is 6.20 Å². The summed E-state index contributed by atoms with van der Waals surface area (Å²) in [4.78, 5) is 6.63. The third-order valence-electron chi connectivity index (χ3n) is 5.53. The van der Waals surface area contributed by atoms with Crippen LogP contribution in [0.4, 0.5) is 0 Å². The van der Waals surface area contributed by atoms with Gasteiger partial charge in [-0.15, -0.1) is 0 Å². The van der Waals surface area contributed by atoms with E-state index in [-0.39, 0.29) is 18.8 Å². The summed E-state index contributed by atoms with van der Waals surface area (Å²) in [5, 5.41) is 13.0. The van der Waals surface area contributed by atoms with Crippen LogP contribution in [-0.2, 0) is 6.42 Å². The van der Waals surface area contributed by atoms with Gasteiger partial charge in [0.1, 0.15) is 23.7 Å². The number of ether oxygens (including phenoxy) is 1. The maximum absolute atomic E-state index is 8.89. The Morgan fingerprint density at radius 1 is 1.28 bits per heavy atom. The van der Waals surface area contributed by atoms with E-state index >= 15 is 0 Å². The van der Waals surface area contributed by atoms with Gasteiger partial charge in [0.05, 0.1) is 0 Å². The summed E-state index contributed by atoms with van der Waals surface area (Å²) >= 11 is 0. The molecule has 3 N–H and O–H groups in total. The number of aliphatic hydroxyl groups is 1. The molecular formula is C24H29N5O3. The Morgan fingerprint density at radius 2 is 2.09 bits per heavy atom. The molecule has 1 unspecified atom stereocenters. The fourth-order valence-electron chi connectivity index (χ4n) is 3.79. The first-order chi connectivity index (χ1) is 15.7. The molecular weight excluding hydrogens is 406 g/mol. The van der Waals surface area contributed by atoms with E-state index in [9.17, 15) is 0 Å². The second kappa shape index (κ2) is 10.5. The first-order valence-electron chi connectivity index (χ1n) is 11.0. The van der Waals surface area contributed by atoms with E-state index in [1.165, 1.54) is 0 Å². The summed E-state index contributed by atoms with van der Waals surface area (Å²) in [6, 6.07) is 9.42. The number of aromatic nitrogens is 3. The highest BCUT2D eigenvalue weighted by atomic mass is 16.5. The quantitative estimate of drug-likeness (QED) is 0.494. The second-order valence-corrected chi connectivity index (χ2v) is 7.82. The summed E-state index contributed by atoms with van der Waals surface area (Å²) in [6.07, 6.45) is 5.50. The third kappa shape index (κ3) is 5.19. The molecule has 1 aromatic carbocycles. The van der Waals surface area contributed by atoms with E-state index < -0.39 is 0 Å². The number of aliphatic hydroxyl groups excluding tert-OH is 1. The molecule has 0 bridgehead atoms. The Hall–Kier alpha value is -3.12. The highest BCUT2D eigenvalue weighted by Crippen LogP contribution is 2.21. The van der Waals surface area contributed by atoms with Crippen molar-refractivity contribution in [3.05, 3.63) is 65.6 Å². The molecule has 1 fully saturated rings. The number of nitrogens with zero attached hydrogens (tertiary/aromatic N) is 4. The van der Waals surface area contributed by atoms with Crippen LogP contribution in [0.1, 0.15) is 42.2 Å². The number of likely N-dealkylation sites (tertiary alicyclic amines) is 1. The van der Waals surface area contributed by atoms with Gasteiger partial charge in [0.2, 0.25) is 0 Å². The summed E-state index contributed by atoms with van der Waals surface area (Å²) in [5.41, 5.74) is 7.43. The average Bonchev–Trinajstić information content (AvgIpc) is 3.45. The lowest BCUT2D eigenvalue weighted by atomic mass is 10.1. The fourth-order valence-corrected chi connectivity index (χ4v) is 3.79. The van der Waals surface area contributed by atoms with E-state index in [2.05, 4.69) is 33.8 Å². The Morgan fingerprint density at radius 3 is 2.81 bits per heavy atom. The molecule has 0 radical (unpaired) electrons. The maximum Gasteiger partial charge on any atom is 0.162 e. The van der Waals surface area contributed by atoms with Gasteiger partial charge in [-0.05, 0) is 36.6 Å². The van der Waals surface area contributed by atoms with Gasteiger partial charge in [0, 0.05) is 63.2 Å². The van der Waals surface area contributed by atoms with Crippen molar-refractivity contribution in [2.45, 2.75) is 31.9 Å². The third-order valence-corrected chi connectivity index (χ3v) is 5.53. The van der Waals surface area contributed by atoms with E-state index in [0.29, 0.717) is 18.0 Å². The van der Waals surface area contributed by atoms with Crippen molar-refractivity contribution in [1.82, 2.24) is 19.6 Å². The molecule has 168 valence electrons. The van der Waals surface area contributed by atoms with Gasteiger partial charge in [-0.1, -0.05) is 18.0 Å². The van der Waals surface area contributed by atoms with Crippen LogP contribution in [0.15, 0.2) is 47.2 Å². The number of hydrogen-bond acceptors (Lipinski definition) is 7. The van der Waals surface area contributed by atoms with Gasteiger partial charge in [-0.25, -0.2) is 4.98 Å². The lowest BCUT2D eigenvalue weighted by Gasteiger charge is -2.38. The van der Waals surface area contributed by atoms with Crippen LogP contribution in [0.3, 0.4) is 0 Å². The molecule has 0 aliphatic carbocycles. The average molecular weight is 436 g/mol. The smallest absolute Gasteiger partial charge is 0.162 e. The molecule has 0 saturated carbocycles. The molecule has 1 aliphatic heterocycles. The van der Waals surface area contributed by atoms with Crippen molar-refractivity contribution in [3.8, 4) is 17.6 Å². The highest BCUT2D eigenvalue weighted by Gasteiger charge is 2.27. The molecule has 2 aromatic heterocycles. The van der Waals surface area contributed by atoms with Crippen LogP contribution in [-0.4, -0.2) is 63.6 Å². The van der Waals surface area contributed by atoms with Gasteiger partial charge in [-0.2, -0.15) is 0 Å². The second-order valence-electron chi connectivity index (χ2n) is 7.82. The van der Waals surface area contributed by atoms with Crippen LogP contribution >= 0.6 is 0 Å². The van der Waals surface area contributed by atoms with Crippen molar-refractivity contribution < 1.29 is 14.4 Å². The largest absolute Gasteiger partial charge is 0.488 e. The molecule has 8 heteroatoms. The van der Waals surface area contributed by atoms with Crippen LogP contribution in [0, 0.1) is 11.8 Å². The number of nitrogens with two attached hydrogens (primary N) is 1. The van der Waals surface area contributed by atoms with Gasteiger partial charge < -0.3 is 24.7 Å². The lowest BCUT2D eigenvalue weighted by Crippen LogP contribution is -2.53. The molecule has 4 rings (SSSR count). The molecule has 8 nitrogen and oxygen atoms in total. The van der Waals surface area contributed by atoms with Gasteiger partial charge >= 0.3 is 0 Å². The minimum atomic E-state index is -0.155. The zero-order chi connectivity index (χ0) is 22.3. The van der Waals surface area contributed by atoms with E-state index in [1.807, 2.05) is 41.1 Å². The first-order valence-corrected chi connectivity index (χ1v) is 11.0. The highest BCUT2D eigenvalue weighted by molar-refractivity contribution is 5.42. The lowest BCUT2D eigenvalue weighted by molar-refractivity contribution is 0.0167. The van der Waals surface area contributed by atoms with E-state index in [4.69, 9.17) is 20.1 Å². The summed E-state index contributed by atoms with van der Waals surface area (Å²) < 4.78 is 13.5. The predicted molar refractivity (Wildman–Crippen MR) is 120 cm³/mol. The van der Waals surface area contributed by atoms with Crippen LogP contribution in [0.25, 0.3) is 0 Å². The number of benzene rings is 1. The van der Waals surface area contributed by atoms with Crippen molar-refractivity contribution in [3.63, 3.8) is 0 Å². The predicted octanol–water partition coefficient (Wildman–Crippen LogP) is 1.83. The Balaban J connectivity index is 1.34. The minimum absolute atomic E-state index is 0.155. The Bertz CT molecular complexity index is 1060. The molecule has 0 spiro atoms. The molecule has 1 aliphatic rings. The maximum atomic E-state index is 8.89. The number of imidazole rings is 1. The first kappa shape index (κ1) is 22.1. The Labute approximate surface area is 188 Å². The normalized spacial score (nSPS) is 15.1. The van der Waals surface area contributed by atoms with Gasteiger partial charge in [0.15, 0.2) is 11.5 Å². The molecule has 1 saturated heterocycles. The number of rotatable bonds is 9. The fraction of sp³-hybridized carbons (Fsp3) is 0.417. The summed E-state index contributed by atoms with van der Waals surface area (Å²) in [5.74, 6) is 8.63. The van der Waals surface area contributed by atoms with Crippen molar-refractivity contribution in [2.24, 2.45) is 5.73 Å². The SMILES string of the molecule is CCc1nccn1C(CN)c1cc(C#Cc2ccc(OC3CN(CCCO)C3)cc2)no1. The molecule has 0 amide bonds.